The molecule has 126 valence electrons. The van der Waals surface area contributed by atoms with Gasteiger partial charge in [-0.1, -0.05) is 13.8 Å². The molecule has 0 radical (unpaired) electrons. The number of piperidine rings is 1. The number of carbonyl (C=O) groups is 3. The highest BCUT2D eigenvalue weighted by atomic mass is 16.4. The molecule has 6 heteroatoms. The number of aliphatic carboxylic acids is 1. The lowest BCUT2D eigenvalue weighted by Gasteiger charge is -2.33. The molecule has 1 unspecified atom stereocenters. The van der Waals surface area contributed by atoms with Crippen molar-refractivity contribution in [3.05, 3.63) is 0 Å². The van der Waals surface area contributed by atoms with Crippen LogP contribution in [-0.2, 0) is 14.4 Å². The minimum absolute atomic E-state index is 0.0130. The van der Waals surface area contributed by atoms with E-state index in [0.29, 0.717) is 26.1 Å². The zero-order valence-corrected chi connectivity index (χ0v) is 13.7. The standard InChI is InChI=1S/C16H28N2O4/c1-3-10-17(11-4-2)14(19)8-9-15(20)18-12-6-5-7-13(18)16(21)22/h13H,3-12H2,1-2H3,(H,21,22). The number of amides is 2. The number of rotatable bonds is 8. The molecule has 22 heavy (non-hydrogen) atoms. The number of carbonyl (C=O) groups excluding carboxylic acids is 2. The molecule has 1 N–H and O–H groups in total. The fraction of sp³-hybridized carbons (Fsp3) is 0.812. The van der Waals surface area contributed by atoms with Crippen LogP contribution in [0, 0.1) is 0 Å². The lowest BCUT2D eigenvalue weighted by Crippen LogP contribution is -2.48. The van der Waals surface area contributed by atoms with Crippen LogP contribution in [0.5, 0.6) is 0 Å². The van der Waals surface area contributed by atoms with E-state index in [4.69, 9.17) is 0 Å². The fourth-order valence-corrected chi connectivity index (χ4v) is 2.90. The maximum atomic E-state index is 12.2. The molecule has 1 rings (SSSR count). The Hall–Kier alpha value is -1.59. The highest BCUT2D eigenvalue weighted by Gasteiger charge is 2.31. The van der Waals surface area contributed by atoms with E-state index in [0.717, 1.165) is 25.7 Å². The molecule has 1 saturated heterocycles. The van der Waals surface area contributed by atoms with Crippen molar-refractivity contribution in [3.8, 4) is 0 Å². The van der Waals surface area contributed by atoms with Crippen LogP contribution < -0.4 is 0 Å². The number of nitrogens with zero attached hydrogens (tertiary/aromatic N) is 2. The van der Waals surface area contributed by atoms with Gasteiger partial charge in [-0.2, -0.15) is 0 Å². The van der Waals surface area contributed by atoms with E-state index >= 15 is 0 Å². The van der Waals surface area contributed by atoms with Crippen molar-refractivity contribution in [2.24, 2.45) is 0 Å². The topological polar surface area (TPSA) is 77.9 Å². The first-order valence-electron chi connectivity index (χ1n) is 8.31. The van der Waals surface area contributed by atoms with Crippen LogP contribution in [-0.4, -0.2) is 58.4 Å². The second-order valence-electron chi connectivity index (χ2n) is 5.82. The first-order chi connectivity index (χ1) is 10.5. The van der Waals surface area contributed by atoms with Gasteiger partial charge < -0.3 is 14.9 Å². The van der Waals surface area contributed by atoms with Crippen molar-refractivity contribution < 1.29 is 19.5 Å². The minimum Gasteiger partial charge on any atom is -0.480 e. The molecule has 0 bridgehead atoms. The average molecular weight is 312 g/mol. The third-order valence-corrected chi connectivity index (χ3v) is 4.00. The smallest absolute Gasteiger partial charge is 0.326 e. The number of hydrogen-bond acceptors (Lipinski definition) is 3. The normalized spacial score (nSPS) is 18.1. The molecule has 1 atom stereocenters. The summed E-state index contributed by atoms with van der Waals surface area (Å²) >= 11 is 0. The summed E-state index contributed by atoms with van der Waals surface area (Å²) in [5, 5.41) is 9.19. The van der Waals surface area contributed by atoms with Crippen LogP contribution >= 0.6 is 0 Å². The van der Waals surface area contributed by atoms with Gasteiger partial charge in [-0.05, 0) is 32.1 Å². The fourth-order valence-electron chi connectivity index (χ4n) is 2.90. The second-order valence-corrected chi connectivity index (χ2v) is 5.82. The molecule has 1 aliphatic heterocycles. The minimum atomic E-state index is -0.946. The third kappa shape index (κ3) is 5.31. The molecular formula is C16H28N2O4. The van der Waals surface area contributed by atoms with Gasteiger partial charge >= 0.3 is 5.97 Å². The molecule has 1 fully saturated rings. The maximum absolute atomic E-state index is 12.2. The lowest BCUT2D eigenvalue weighted by molar-refractivity contribution is -0.152. The average Bonchev–Trinajstić information content (AvgIpc) is 2.52. The molecule has 1 aliphatic rings. The van der Waals surface area contributed by atoms with E-state index in [1.807, 2.05) is 13.8 Å². The Balaban J connectivity index is 2.52. The number of hydrogen-bond donors (Lipinski definition) is 1. The first-order valence-corrected chi connectivity index (χ1v) is 8.31. The van der Waals surface area contributed by atoms with Gasteiger partial charge in [0.25, 0.3) is 0 Å². The summed E-state index contributed by atoms with van der Waals surface area (Å²) in [6, 6.07) is -0.723. The van der Waals surface area contributed by atoms with E-state index < -0.39 is 12.0 Å². The number of likely N-dealkylation sites (tertiary alicyclic amines) is 1. The predicted molar refractivity (Wildman–Crippen MR) is 83.4 cm³/mol. The van der Waals surface area contributed by atoms with Crippen LogP contribution in [0.25, 0.3) is 0 Å². The molecule has 6 nitrogen and oxygen atoms in total. The summed E-state index contributed by atoms with van der Waals surface area (Å²) in [6.07, 6.45) is 4.24. The quantitative estimate of drug-likeness (QED) is 0.742. The van der Waals surface area contributed by atoms with Crippen molar-refractivity contribution in [1.82, 2.24) is 9.80 Å². The molecule has 0 aromatic carbocycles. The van der Waals surface area contributed by atoms with Crippen LogP contribution in [0.3, 0.4) is 0 Å². The van der Waals surface area contributed by atoms with Crippen molar-refractivity contribution in [3.63, 3.8) is 0 Å². The molecule has 0 spiro atoms. The summed E-state index contributed by atoms with van der Waals surface area (Å²) in [5.74, 6) is -1.17. The third-order valence-electron chi connectivity index (χ3n) is 4.00. The van der Waals surface area contributed by atoms with Crippen molar-refractivity contribution >= 4 is 17.8 Å². The highest BCUT2D eigenvalue weighted by Crippen LogP contribution is 2.18. The molecule has 0 aliphatic carbocycles. The van der Waals surface area contributed by atoms with Crippen LogP contribution in [0.1, 0.15) is 58.8 Å². The zero-order chi connectivity index (χ0) is 16.5. The summed E-state index contributed by atoms with van der Waals surface area (Å²) in [6.45, 7) is 5.95. The summed E-state index contributed by atoms with van der Waals surface area (Å²) in [4.78, 5) is 38.9. The zero-order valence-electron chi connectivity index (χ0n) is 13.7. The van der Waals surface area contributed by atoms with Gasteiger partial charge in [0.15, 0.2) is 0 Å². The Morgan fingerprint density at radius 2 is 1.73 bits per heavy atom. The SMILES string of the molecule is CCCN(CCC)C(=O)CCC(=O)N1CCCCC1C(=O)O. The van der Waals surface area contributed by atoms with Crippen LogP contribution in [0.2, 0.25) is 0 Å². The molecule has 0 aromatic rings. The van der Waals surface area contributed by atoms with Gasteiger partial charge in [-0.15, -0.1) is 0 Å². The van der Waals surface area contributed by atoms with E-state index in [1.54, 1.807) is 4.90 Å². The monoisotopic (exact) mass is 312 g/mol. The molecule has 1 heterocycles. The maximum Gasteiger partial charge on any atom is 0.326 e. The van der Waals surface area contributed by atoms with Crippen LogP contribution in [0.4, 0.5) is 0 Å². The van der Waals surface area contributed by atoms with E-state index in [-0.39, 0.29) is 24.7 Å². The summed E-state index contributed by atoms with van der Waals surface area (Å²) in [7, 11) is 0. The first kappa shape index (κ1) is 18.5. The molecule has 0 aromatic heterocycles. The molecule has 2 amide bonds. The van der Waals surface area contributed by atoms with E-state index in [2.05, 4.69) is 0 Å². The van der Waals surface area contributed by atoms with Gasteiger partial charge in [0.05, 0.1) is 0 Å². The van der Waals surface area contributed by atoms with Crippen molar-refractivity contribution in [2.75, 3.05) is 19.6 Å². The molecule has 0 saturated carbocycles. The van der Waals surface area contributed by atoms with Crippen molar-refractivity contribution in [2.45, 2.75) is 64.8 Å². The lowest BCUT2D eigenvalue weighted by atomic mass is 10.0. The highest BCUT2D eigenvalue weighted by molar-refractivity contribution is 5.87. The molecular weight excluding hydrogens is 284 g/mol. The van der Waals surface area contributed by atoms with Crippen molar-refractivity contribution in [1.29, 1.82) is 0 Å². The van der Waals surface area contributed by atoms with Crippen LogP contribution in [0.15, 0.2) is 0 Å². The largest absolute Gasteiger partial charge is 0.480 e. The second kappa shape index (κ2) is 9.43. The Morgan fingerprint density at radius 1 is 1.09 bits per heavy atom. The van der Waals surface area contributed by atoms with E-state index in [1.165, 1.54) is 4.90 Å². The summed E-state index contributed by atoms with van der Waals surface area (Å²) < 4.78 is 0. The number of carboxylic acids is 1. The van der Waals surface area contributed by atoms with Gasteiger partial charge in [0, 0.05) is 32.5 Å². The Labute approximate surface area is 132 Å². The van der Waals surface area contributed by atoms with E-state index in [9.17, 15) is 19.5 Å². The Kier molecular flexibility index (Phi) is 7.91. The van der Waals surface area contributed by atoms with Gasteiger partial charge in [0.1, 0.15) is 6.04 Å². The Bertz CT molecular complexity index is 392. The predicted octanol–water partition coefficient (Wildman–Crippen LogP) is 1.88. The van der Waals surface area contributed by atoms with Gasteiger partial charge in [0.2, 0.25) is 11.8 Å². The Morgan fingerprint density at radius 3 is 2.27 bits per heavy atom. The van der Waals surface area contributed by atoms with Gasteiger partial charge in [-0.3, -0.25) is 9.59 Å². The summed E-state index contributed by atoms with van der Waals surface area (Å²) in [5.41, 5.74) is 0. The van der Waals surface area contributed by atoms with Gasteiger partial charge in [-0.25, -0.2) is 4.79 Å². The number of carboxylic acid groups (broad SMARTS) is 1.